The molecular formula is C15H19NO. The summed E-state index contributed by atoms with van der Waals surface area (Å²) in [7, 11) is 1.81. The van der Waals surface area contributed by atoms with Crippen molar-refractivity contribution in [2.24, 2.45) is 5.92 Å². The van der Waals surface area contributed by atoms with E-state index in [1.165, 1.54) is 24.8 Å². The number of benzene rings is 1. The zero-order valence-electron chi connectivity index (χ0n) is 10.5. The molecular weight excluding hydrogens is 210 g/mol. The minimum atomic E-state index is 0.341. The van der Waals surface area contributed by atoms with Gasteiger partial charge in [0.15, 0.2) is 0 Å². The Morgan fingerprint density at radius 3 is 2.53 bits per heavy atom. The lowest BCUT2D eigenvalue weighted by Gasteiger charge is -2.23. The molecule has 0 radical (unpaired) electrons. The van der Waals surface area contributed by atoms with Crippen LogP contribution in [0.2, 0.25) is 0 Å². The Balaban J connectivity index is 2.19. The maximum atomic E-state index is 8.80. The smallest absolute Gasteiger partial charge is 0.0991 e. The highest BCUT2D eigenvalue weighted by atomic mass is 16.5. The van der Waals surface area contributed by atoms with E-state index < -0.39 is 0 Å². The molecule has 1 aliphatic rings. The molecule has 3 unspecified atom stereocenters. The quantitative estimate of drug-likeness (QED) is 0.795. The van der Waals surface area contributed by atoms with Crippen molar-refractivity contribution in [1.29, 1.82) is 5.26 Å². The van der Waals surface area contributed by atoms with E-state index >= 15 is 0 Å². The molecule has 2 nitrogen and oxygen atoms in total. The number of rotatable bonds is 3. The summed E-state index contributed by atoms with van der Waals surface area (Å²) in [5, 5.41) is 8.80. The molecule has 0 bridgehead atoms. The molecule has 3 atom stereocenters. The molecule has 90 valence electrons. The van der Waals surface area contributed by atoms with Crippen molar-refractivity contribution >= 4 is 0 Å². The van der Waals surface area contributed by atoms with Crippen LogP contribution in [0.25, 0.3) is 0 Å². The van der Waals surface area contributed by atoms with Crippen molar-refractivity contribution in [3.05, 3.63) is 35.4 Å². The van der Waals surface area contributed by atoms with Gasteiger partial charge in [0.05, 0.1) is 17.7 Å². The second-order valence-electron chi connectivity index (χ2n) is 4.79. The molecule has 0 N–H and O–H groups in total. The van der Waals surface area contributed by atoms with Crippen molar-refractivity contribution in [2.75, 3.05) is 7.11 Å². The molecule has 17 heavy (non-hydrogen) atoms. The number of nitrogens with zero attached hydrogens (tertiary/aromatic N) is 1. The topological polar surface area (TPSA) is 33.0 Å². The first kappa shape index (κ1) is 12.1. The number of hydrogen-bond donors (Lipinski definition) is 0. The molecule has 2 heteroatoms. The number of hydrogen-bond acceptors (Lipinski definition) is 2. The molecule has 2 rings (SSSR count). The molecule has 1 fully saturated rings. The van der Waals surface area contributed by atoms with Crippen LogP contribution in [-0.2, 0) is 4.74 Å². The average Bonchev–Trinajstić information content (AvgIpc) is 2.81. The van der Waals surface area contributed by atoms with Crippen molar-refractivity contribution in [1.82, 2.24) is 0 Å². The van der Waals surface area contributed by atoms with Gasteiger partial charge in [0.1, 0.15) is 0 Å². The number of nitriles is 1. The van der Waals surface area contributed by atoms with E-state index in [0.717, 1.165) is 5.56 Å². The van der Waals surface area contributed by atoms with Gasteiger partial charge in [-0.15, -0.1) is 0 Å². The standard InChI is InChI=1S/C15H19NO/c1-3-12-8-9-14(15(12)17-2)13-6-4-11(10-16)5-7-13/h4-7,12,14-15H,3,8-9H2,1-2H3. The van der Waals surface area contributed by atoms with Gasteiger partial charge in [0.2, 0.25) is 0 Å². The van der Waals surface area contributed by atoms with Crippen LogP contribution >= 0.6 is 0 Å². The van der Waals surface area contributed by atoms with Gasteiger partial charge in [0.25, 0.3) is 0 Å². The van der Waals surface area contributed by atoms with E-state index in [9.17, 15) is 0 Å². The maximum absolute atomic E-state index is 8.80. The molecule has 0 amide bonds. The Labute approximate surface area is 103 Å². The monoisotopic (exact) mass is 229 g/mol. The minimum Gasteiger partial charge on any atom is -0.381 e. The molecule has 1 saturated carbocycles. The van der Waals surface area contributed by atoms with Gasteiger partial charge < -0.3 is 4.74 Å². The third kappa shape index (κ3) is 2.35. The first-order chi connectivity index (χ1) is 8.30. The molecule has 1 aromatic rings. The second kappa shape index (κ2) is 5.33. The van der Waals surface area contributed by atoms with Crippen LogP contribution in [0.1, 0.15) is 43.2 Å². The summed E-state index contributed by atoms with van der Waals surface area (Å²) in [4.78, 5) is 0. The Kier molecular flexibility index (Phi) is 3.81. The van der Waals surface area contributed by atoms with Crippen molar-refractivity contribution in [3.8, 4) is 6.07 Å². The summed E-state index contributed by atoms with van der Waals surface area (Å²) in [5.41, 5.74) is 2.04. The Morgan fingerprint density at radius 1 is 1.29 bits per heavy atom. The van der Waals surface area contributed by atoms with E-state index in [0.29, 0.717) is 17.9 Å². The Morgan fingerprint density at radius 2 is 2.00 bits per heavy atom. The first-order valence-electron chi connectivity index (χ1n) is 6.33. The Hall–Kier alpha value is -1.33. The van der Waals surface area contributed by atoms with Crippen LogP contribution in [0.4, 0.5) is 0 Å². The predicted molar refractivity (Wildman–Crippen MR) is 67.7 cm³/mol. The van der Waals surface area contributed by atoms with Crippen molar-refractivity contribution < 1.29 is 4.74 Å². The molecule has 0 spiro atoms. The lowest BCUT2D eigenvalue weighted by Crippen LogP contribution is -2.22. The van der Waals surface area contributed by atoms with Gasteiger partial charge in [-0.05, 0) is 36.5 Å². The van der Waals surface area contributed by atoms with E-state index in [-0.39, 0.29) is 0 Å². The molecule has 0 aliphatic heterocycles. The fraction of sp³-hybridized carbons (Fsp3) is 0.533. The SMILES string of the molecule is CCC1CCC(c2ccc(C#N)cc2)C1OC. The minimum absolute atomic E-state index is 0.341. The van der Waals surface area contributed by atoms with Gasteiger partial charge in [-0.3, -0.25) is 0 Å². The predicted octanol–water partition coefficient (Wildman–Crippen LogP) is 3.48. The van der Waals surface area contributed by atoms with Crippen LogP contribution in [0.15, 0.2) is 24.3 Å². The van der Waals surface area contributed by atoms with E-state index in [4.69, 9.17) is 10.00 Å². The molecule has 0 aromatic heterocycles. The van der Waals surface area contributed by atoms with Gasteiger partial charge in [-0.25, -0.2) is 0 Å². The summed E-state index contributed by atoms with van der Waals surface area (Å²) in [6.45, 7) is 2.23. The Bertz CT molecular complexity index is 404. The molecule has 1 aromatic carbocycles. The summed E-state index contributed by atoms with van der Waals surface area (Å²) in [6.07, 6.45) is 3.97. The summed E-state index contributed by atoms with van der Waals surface area (Å²) in [5.74, 6) is 1.18. The number of ether oxygens (including phenoxy) is 1. The molecule has 0 saturated heterocycles. The zero-order valence-corrected chi connectivity index (χ0v) is 10.5. The fourth-order valence-electron chi connectivity index (χ4n) is 3.01. The summed E-state index contributed by atoms with van der Waals surface area (Å²) >= 11 is 0. The van der Waals surface area contributed by atoms with Crippen molar-refractivity contribution in [3.63, 3.8) is 0 Å². The van der Waals surface area contributed by atoms with Gasteiger partial charge in [-0.1, -0.05) is 25.5 Å². The summed E-state index contributed by atoms with van der Waals surface area (Å²) < 4.78 is 5.67. The largest absolute Gasteiger partial charge is 0.381 e. The van der Waals surface area contributed by atoms with Crippen molar-refractivity contribution in [2.45, 2.75) is 38.2 Å². The van der Waals surface area contributed by atoms with Gasteiger partial charge in [0, 0.05) is 13.0 Å². The van der Waals surface area contributed by atoms with Crippen LogP contribution in [-0.4, -0.2) is 13.2 Å². The third-order valence-electron chi connectivity index (χ3n) is 3.97. The fourth-order valence-corrected chi connectivity index (χ4v) is 3.01. The lowest BCUT2D eigenvalue weighted by molar-refractivity contribution is 0.0572. The highest BCUT2D eigenvalue weighted by Gasteiger charge is 2.35. The second-order valence-corrected chi connectivity index (χ2v) is 4.79. The highest BCUT2D eigenvalue weighted by molar-refractivity contribution is 5.34. The molecule has 0 heterocycles. The third-order valence-corrected chi connectivity index (χ3v) is 3.97. The number of methoxy groups -OCH3 is 1. The molecule has 1 aliphatic carbocycles. The zero-order chi connectivity index (χ0) is 12.3. The van der Waals surface area contributed by atoms with E-state index in [1.54, 1.807) is 0 Å². The maximum Gasteiger partial charge on any atom is 0.0991 e. The van der Waals surface area contributed by atoms with E-state index in [1.807, 2.05) is 19.2 Å². The first-order valence-corrected chi connectivity index (χ1v) is 6.33. The van der Waals surface area contributed by atoms with Crippen LogP contribution in [0.3, 0.4) is 0 Å². The van der Waals surface area contributed by atoms with Crippen LogP contribution < -0.4 is 0 Å². The van der Waals surface area contributed by atoms with Crippen LogP contribution in [0.5, 0.6) is 0 Å². The highest BCUT2D eigenvalue weighted by Crippen LogP contribution is 2.41. The van der Waals surface area contributed by atoms with Gasteiger partial charge >= 0.3 is 0 Å². The average molecular weight is 229 g/mol. The lowest BCUT2D eigenvalue weighted by atomic mass is 9.92. The van der Waals surface area contributed by atoms with Crippen LogP contribution in [0, 0.1) is 17.2 Å². The van der Waals surface area contributed by atoms with Gasteiger partial charge in [-0.2, -0.15) is 5.26 Å². The van der Waals surface area contributed by atoms with E-state index in [2.05, 4.69) is 25.1 Å². The normalized spacial score (nSPS) is 27.9. The summed E-state index contributed by atoms with van der Waals surface area (Å²) in [6, 6.07) is 10.1.